The number of benzene rings is 2. The minimum atomic E-state index is -0.435. The Kier molecular flexibility index (Phi) is 4.76. The molecule has 0 atom stereocenters. The fraction of sp³-hybridized carbons (Fsp3) is 0.125. The van der Waals surface area contributed by atoms with Crippen molar-refractivity contribution in [3.05, 3.63) is 96.7 Å². The third-order valence-corrected chi connectivity index (χ3v) is 6.71. The van der Waals surface area contributed by atoms with E-state index >= 15 is 0 Å². The molecule has 0 saturated carbocycles. The van der Waals surface area contributed by atoms with Crippen molar-refractivity contribution in [1.82, 2.24) is 9.55 Å². The third-order valence-electron chi connectivity index (χ3n) is 5.57. The number of fused-ring (bicyclic) bond motifs is 2. The molecule has 2 aromatic carbocycles. The van der Waals surface area contributed by atoms with Crippen LogP contribution in [0.25, 0.3) is 32.3 Å². The lowest BCUT2D eigenvalue weighted by Gasteiger charge is -2.11. The molecule has 7 heteroatoms. The number of hydrogen-bond donors (Lipinski definition) is 0. The van der Waals surface area contributed by atoms with Crippen LogP contribution in [0.3, 0.4) is 0 Å². The Morgan fingerprint density at radius 3 is 2.65 bits per heavy atom. The van der Waals surface area contributed by atoms with Gasteiger partial charge in [0.2, 0.25) is 0 Å². The standard InChI is InChI=1S/C24H17ClN2O3S/c1-13-3-8-18-16(9-20(28)30-22(18)14(13)2)10-27-12-26-23-21(24(27)29)19(11-31-23)15-4-6-17(25)7-5-15/h3-9,11-12H,10H2,1-2H3. The van der Waals surface area contributed by atoms with Crippen molar-refractivity contribution in [2.24, 2.45) is 0 Å². The van der Waals surface area contributed by atoms with E-state index in [1.807, 2.05) is 43.5 Å². The first-order valence-corrected chi connectivity index (χ1v) is 10.9. The summed E-state index contributed by atoms with van der Waals surface area (Å²) in [4.78, 5) is 30.8. The summed E-state index contributed by atoms with van der Waals surface area (Å²) in [5.74, 6) is 0. The zero-order chi connectivity index (χ0) is 21.7. The van der Waals surface area contributed by atoms with Crippen molar-refractivity contribution in [3.8, 4) is 11.1 Å². The molecule has 3 aromatic heterocycles. The minimum absolute atomic E-state index is 0.151. The van der Waals surface area contributed by atoms with Crippen molar-refractivity contribution in [3.63, 3.8) is 0 Å². The summed E-state index contributed by atoms with van der Waals surface area (Å²) in [7, 11) is 0. The van der Waals surface area contributed by atoms with Gasteiger partial charge in [0.1, 0.15) is 10.4 Å². The Balaban J connectivity index is 1.67. The maximum Gasteiger partial charge on any atom is 0.336 e. The summed E-state index contributed by atoms with van der Waals surface area (Å²) in [5.41, 5.74) is 4.38. The molecule has 0 unspecified atom stereocenters. The van der Waals surface area contributed by atoms with Gasteiger partial charge < -0.3 is 4.42 Å². The SMILES string of the molecule is Cc1ccc2c(Cn3cnc4scc(-c5ccc(Cl)cc5)c4c3=O)cc(=O)oc2c1C. The highest BCUT2D eigenvalue weighted by Crippen LogP contribution is 2.31. The van der Waals surface area contributed by atoms with Crippen LogP contribution in [0, 0.1) is 13.8 Å². The fourth-order valence-electron chi connectivity index (χ4n) is 3.76. The lowest BCUT2D eigenvalue weighted by atomic mass is 10.0. The van der Waals surface area contributed by atoms with Gasteiger partial charge >= 0.3 is 5.63 Å². The summed E-state index contributed by atoms with van der Waals surface area (Å²) in [6.07, 6.45) is 1.54. The minimum Gasteiger partial charge on any atom is -0.422 e. The molecule has 5 rings (SSSR count). The van der Waals surface area contributed by atoms with E-state index in [4.69, 9.17) is 16.0 Å². The van der Waals surface area contributed by atoms with Gasteiger partial charge in [-0.3, -0.25) is 9.36 Å². The van der Waals surface area contributed by atoms with Gasteiger partial charge in [-0.25, -0.2) is 9.78 Å². The molecule has 5 nitrogen and oxygen atoms in total. The van der Waals surface area contributed by atoms with Gasteiger partial charge in [0.05, 0.1) is 18.3 Å². The Hall–Kier alpha value is -3.22. The number of thiophene rings is 1. The van der Waals surface area contributed by atoms with Crippen LogP contribution in [0.4, 0.5) is 0 Å². The quantitative estimate of drug-likeness (QED) is 0.339. The van der Waals surface area contributed by atoms with Gasteiger partial charge in [0.15, 0.2) is 0 Å². The van der Waals surface area contributed by atoms with E-state index in [9.17, 15) is 9.59 Å². The predicted octanol–water partition coefficient (Wildman–Crippen LogP) is 5.55. The predicted molar refractivity (Wildman–Crippen MR) is 125 cm³/mol. The molecular weight excluding hydrogens is 432 g/mol. The van der Waals surface area contributed by atoms with Crippen molar-refractivity contribution >= 4 is 44.1 Å². The lowest BCUT2D eigenvalue weighted by molar-refractivity contribution is 0.554. The van der Waals surface area contributed by atoms with Crippen LogP contribution >= 0.6 is 22.9 Å². The van der Waals surface area contributed by atoms with Gasteiger partial charge in [-0.2, -0.15) is 0 Å². The molecule has 0 aliphatic rings. The highest BCUT2D eigenvalue weighted by Gasteiger charge is 2.15. The number of aromatic nitrogens is 2. The topological polar surface area (TPSA) is 65.1 Å². The van der Waals surface area contributed by atoms with Crippen molar-refractivity contribution in [2.75, 3.05) is 0 Å². The molecule has 154 valence electrons. The van der Waals surface area contributed by atoms with Crippen LogP contribution in [0.15, 0.2) is 68.2 Å². The first-order chi connectivity index (χ1) is 14.9. The summed E-state index contributed by atoms with van der Waals surface area (Å²) >= 11 is 7.44. The van der Waals surface area contributed by atoms with Gasteiger partial charge in [-0.15, -0.1) is 11.3 Å². The molecule has 0 fully saturated rings. The maximum atomic E-state index is 13.4. The van der Waals surface area contributed by atoms with Gasteiger partial charge in [0, 0.05) is 27.4 Å². The van der Waals surface area contributed by atoms with Gasteiger partial charge in [0.25, 0.3) is 5.56 Å². The first kappa shape index (κ1) is 19.7. The number of nitrogens with zero attached hydrogens (tertiary/aromatic N) is 2. The van der Waals surface area contributed by atoms with Crippen LogP contribution < -0.4 is 11.2 Å². The smallest absolute Gasteiger partial charge is 0.336 e. The Morgan fingerprint density at radius 2 is 1.87 bits per heavy atom. The number of halogens is 1. The second-order valence-electron chi connectivity index (χ2n) is 7.49. The van der Waals surface area contributed by atoms with Gasteiger partial charge in [-0.05, 0) is 48.2 Å². The third kappa shape index (κ3) is 3.38. The van der Waals surface area contributed by atoms with E-state index < -0.39 is 5.63 Å². The molecule has 0 aliphatic heterocycles. The van der Waals surface area contributed by atoms with Crippen molar-refractivity contribution in [1.29, 1.82) is 0 Å². The number of aryl methyl sites for hydroxylation is 2. The largest absolute Gasteiger partial charge is 0.422 e. The average Bonchev–Trinajstić information content (AvgIpc) is 3.18. The molecule has 0 saturated heterocycles. The molecule has 0 amide bonds. The van der Waals surface area contributed by atoms with Crippen LogP contribution in [-0.2, 0) is 6.54 Å². The Bertz CT molecular complexity index is 1580. The van der Waals surface area contributed by atoms with Crippen LogP contribution in [-0.4, -0.2) is 9.55 Å². The molecule has 0 aliphatic carbocycles. The molecule has 0 bridgehead atoms. The molecule has 31 heavy (non-hydrogen) atoms. The normalized spacial score (nSPS) is 11.5. The summed E-state index contributed by atoms with van der Waals surface area (Å²) in [6.45, 7) is 4.12. The molecule has 0 N–H and O–H groups in total. The average molecular weight is 449 g/mol. The van der Waals surface area contributed by atoms with Crippen molar-refractivity contribution < 1.29 is 4.42 Å². The molecule has 3 heterocycles. The van der Waals surface area contributed by atoms with E-state index in [0.29, 0.717) is 20.8 Å². The Labute approximate surface area is 186 Å². The first-order valence-electron chi connectivity index (χ1n) is 9.68. The molecule has 0 radical (unpaired) electrons. The van der Waals surface area contributed by atoms with Crippen LogP contribution in [0.2, 0.25) is 5.02 Å². The number of rotatable bonds is 3. The summed E-state index contributed by atoms with van der Waals surface area (Å²) < 4.78 is 7.00. The summed E-state index contributed by atoms with van der Waals surface area (Å²) in [5, 5.41) is 3.96. The highest BCUT2D eigenvalue weighted by atomic mass is 35.5. The highest BCUT2D eigenvalue weighted by molar-refractivity contribution is 7.17. The lowest BCUT2D eigenvalue weighted by Crippen LogP contribution is -2.21. The van der Waals surface area contributed by atoms with Gasteiger partial charge in [-0.1, -0.05) is 35.9 Å². The second-order valence-corrected chi connectivity index (χ2v) is 8.78. The van der Waals surface area contributed by atoms with E-state index in [1.54, 1.807) is 12.1 Å². The Morgan fingerprint density at radius 1 is 1.10 bits per heavy atom. The second kappa shape index (κ2) is 7.48. The van der Waals surface area contributed by atoms with E-state index in [-0.39, 0.29) is 12.1 Å². The van der Waals surface area contributed by atoms with Crippen molar-refractivity contribution in [2.45, 2.75) is 20.4 Å². The fourth-order valence-corrected chi connectivity index (χ4v) is 4.79. The van der Waals surface area contributed by atoms with E-state index in [1.165, 1.54) is 28.3 Å². The summed E-state index contributed by atoms with van der Waals surface area (Å²) in [6, 6.07) is 12.7. The molecule has 0 spiro atoms. The van der Waals surface area contributed by atoms with Crippen LogP contribution in [0.1, 0.15) is 16.7 Å². The zero-order valence-corrected chi connectivity index (χ0v) is 18.4. The monoisotopic (exact) mass is 448 g/mol. The zero-order valence-electron chi connectivity index (χ0n) is 16.8. The molecule has 5 aromatic rings. The van der Waals surface area contributed by atoms with E-state index in [0.717, 1.165) is 33.2 Å². The molecular formula is C24H17ClN2O3S. The van der Waals surface area contributed by atoms with E-state index in [2.05, 4.69) is 4.98 Å². The number of hydrogen-bond acceptors (Lipinski definition) is 5. The van der Waals surface area contributed by atoms with Crippen LogP contribution in [0.5, 0.6) is 0 Å². The maximum absolute atomic E-state index is 13.4.